The number of rotatable bonds is 3. The van der Waals surface area contributed by atoms with Crippen LogP contribution in [0.25, 0.3) is 11.3 Å². The van der Waals surface area contributed by atoms with Crippen molar-refractivity contribution in [3.8, 4) is 11.3 Å². The summed E-state index contributed by atoms with van der Waals surface area (Å²) in [5.41, 5.74) is 3.71. The van der Waals surface area contributed by atoms with E-state index in [4.69, 9.17) is 0 Å². The smallest absolute Gasteiger partial charge is 0.112 e. The molecule has 4 aromatic rings. The summed E-state index contributed by atoms with van der Waals surface area (Å²) >= 11 is 0. The molecule has 3 aromatic carbocycles. The molecule has 0 aliphatic heterocycles. The molecule has 25 heavy (non-hydrogen) atoms. The predicted octanol–water partition coefficient (Wildman–Crippen LogP) is 5.57. The lowest BCUT2D eigenvalue weighted by molar-refractivity contribution is 0.942. The lowest BCUT2D eigenvalue weighted by Gasteiger charge is -1.91. The summed E-state index contributed by atoms with van der Waals surface area (Å²) in [4.78, 5) is 0. The summed E-state index contributed by atoms with van der Waals surface area (Å²) in [6.07, 6.45) is 1.77. The van der Waals surface area contributed by atoms with Crippen molar-refractivity contribution < 1.29 is 0 Å². The second-order valence-electron chi connectivity index (χ2n) is 5.10. The molecule has 1 N–H and O–H groups in total. The van der Waals surface area contributed by atoms with E-state index in [0.29, 0.717) is 0 Å². The molecule has 0 unspecified atom stereocenters. The number of benzene rings is 3. The molecular weight excluding hydrogens is 310 g/mol. The molecule has 0 radical (unpaired) electrons. The Morgan fingerprint density at radius 1 is 0.600 bits per heavy atom. The normalized spacial score (nSPS) is 10.2. The van der Waals surface area contributed by atoms with Gasteiger partial charge in [0, 0.05) is 11.8 Å². The molecule has 0 atom stereocenters. The standard InChI is InChI=1S/C12H10N2.C8H7N3/c1-3-7-11(8-4-1)13-14-12-9-5-2-6-10-12;1-2-4-7(5-3-1)8-6-9-11-10-8/h1-10H;1-6H,(H,9,10,11)/b14-13+;. The molecule has 4 rings (SSSR count). The van der Waals surface area contributed by atoms with Crippen LogP contribution in [0.2, 0.25) is 0 Å². The second-order valence-corrected chi connectivity index (χ2v) is 5.10. The molecule has 0 saturated carbocycles. The van der Waals surface area contributed by atoms with Crippen molar-refractivity contribution in [3.63, 3.8) is 0 Å². The van der Waals surface area contributed by atoms with Crippen LogP contribution >= 0.6 is 0 Å². The van der Waals surface area contributed by atoms with Gasteiger partial charge in [0.1, 0.15) is 5.69 Å². The van der Waals surface area contributed by atoms with Crippen LogP contribution in [0, 0.1) is 0 Å². The van der Waals surface area contributed by atoms with Crippen LogP contribution in [0.15, 0.2) is 107 Å². The second kappa shape index (κ2) is 8.88. The lowest BCUT2D eigenvalue weighted by atomic mass is 10.2. The summed E-state index contributed by atoms with van der Waals surface area (Å²) in [5, 5.41) is 18.4. The summed E-state index contributed by atoms with van der Waals surface area (Å²) in [5.74, 6) is 0. The van der Waals surface area contributed by atoms with Gasteiger partial charge in [-0.1, -0.05) is 71.9 Å². The van der Waals surface area contributed by atoms with E-state index in [9.17, 15) is 0 Å². The highest BCUT2D eigenvalue weighted by atomic mass is 15.3. The zero-order chi connectivity index (χ0) is 17.2. The summed E-state index contributed by atoms with van der Waals surface area (Å²) < 4.78 is 0. The minimum Gasteiger partial charge on any atom is -0.265 e. The van der Waals surface area contributed by atoms with Gasteiger partial charge < -0.3 is 0 Å². The fourth-order valence-electron chi connectivity index (χ4n) is 2.06. The fourth-order valence-corrected chi connectivity index (χ4v) is 2.06. The summed E-state index contributed by atoms with van der Waals surface area (Å²) in [6, 6.07) is 29.3. The Kier molecular flexibility index (Phi) is 5.78. The quantitative estimate of drug-likeness (QED) is 0.500. The van der Waals surface area contributed by atoms with Crippen molar-refractivity contribution in [3.05, 3.63) is 97.2 Å². The average molecular weight is 327 g/mol. The Hall–Kier alpha value is -3.60. The van der Waals surface area contributed by atoms with E-state index >= 15 is 0 Å². The molecule has 0 aliphatic rings. The third kappa shape index (κ3) is 5.21. The largest absolute Gasteiger partial charge is 0.265 e. The summed E-state index contributed by atoms with van der Waals surface area (Å²) in [7, 11) is 0. The molecule has 5 nitrogen and oxygen atoms in total. The number of H-pyrrole nitrogens is 1. The van der Waals surface area contributed by atoms with E-state index in [-0.39, 0.29) is 0 Å². The van der Waals surface area contributed by atoms with Crippen LogP contribution in [-0.4, -0.2) is 15.4 Å². The SMILES string of the molecule is c1ccc(-c2c[nH]nn2)cc1.c1ccc(/N=N/c2ccccc2)cc1. The molecular formula is C20H17N5. The number of aromatic amines is 1. The molecule has 0 bridgehead atoms. The van der Waals surface area contributed by atoms with Gasteiger partial charge in [-0.05, 0) is 24.3 Å². The first-order chi connectivity index (χ1) is 12.4. The highest BCUT2D eigenvalue weighted by Gasteiger charge is 1.96. The van der Waals surface area contributed by atoms with Crippen LogP contribution in [0.1, 0.15) is 0 Å². The molecule has 0 aliphatic carbocycles. The monoisotopic (exact) mass is 327 g/mol. The highest BCUT2D eigenvalue weighted by molar-refractivity contribution is 5.56. The molecule has 0 fully saturated rings. The highest BCUT2D eigenvalue weighted by Crippen LogP contribution is 2.16. The Balaban J connectivity index is 0.000000150. The first-order valence-electron chi connectivity index (χ1n) is 7.85. The van der Waals surface area contributed by atoms with Crippen LogP contribution < -0.4 is 0 Å². The number of nitrogens with one attached hydrogen (secondary N) is 1. The topological polar surface area (TPSA) is 66.3 Å². The molecule has 122 valence electrons. The lowest BCUT2D eigenvalue weighted by Crippen LogP contribution is -1.75. The van der Waals surface area contributed by atoms with Crippen molar-refractivity contribution >= 4 is 11.4 Å². The molecule has 0 spiro atoms. The van der Waals surface area contributed by atoms with Crippen molar-refractivity contribution in [2.24, 2.45) is 10.2 Å². The van der Waals surface area contributed by atoms with E-state index in [0.717, 1.165) is 22.6 Å². The third-order valence-corrected chi connectivity index (χ3v) is 3.28. The number of azo groups is 1. The van der Waals surface area contributed by atoms with Gasteiger partial charge in [0.05, 0.1) is 11.4 Å². The van der Waals surface area contributed by atoms with Gasteiger partial charge in [-0.25, -0.2) is 0 Å². The predicted molar refractivity (Wildman–Crippen MR) is 98.9 cm³/mol. The number of hydrogen-bond acceptors (Lipinski definition) is 4. The van der Waals surface area contributed by atoms with E-state index in [1.54, 1.807) is 6.20 Å². The van der Waals surface area contributed by atoms with E-state index < -0.39 is 0 Å². The van der Waals surface area contributed by atoms with Gasteiger partial charge in [0.2, 0.25) is 0 Å². The number of hydrogen-bond donors (Lipinski definition) is 1. The fraction of sp³-hybridized carbons (Fsp3) is 0. The molecule has 0 amide bonds. The number of aromatic nitrogens is 3. The van der Waals surface area contributed by atoms with Gasteiger partial charge in [-0.3, -0.25) is 5.10 Å². The van der Waals surface area contributed by atoms with E-state index in [1.165, 1.54) is 0 Å². The van der Waals surface area contributed by atoms with Crippen LogP contribution in [0.5, 0.6) is 0 Å². The maximum Gasteiger partial charge on any atom is 0.112 e. The minimum absolute atomic E-state index is 0.872. The zero-order valence-corrected chi connectivity index (χ0v) is 13.5. The Morgan fingerprint density at radius 3 is 1.52 bits per heavy atom. The molecule has 0 saturated heterocycles. The molecule has 1 aromatic heterocycles. The van der Waals surface area contributed by atoms with Crippen molar-refractivity contribution in [2.45, 2.75) is 0 Å². The Bertz CT molecular complexity index is 832. The Labute approximate surface area is 146 Å². The third-order valence-electron chi connectivity index (χ3n) is 3.28. The first kappa shape index (κ1) is 16.3. The maximum absolute atomic E-state index is 4.10. The number of nitrogens with zero attached hydrogens (tertiary/aromatic N) is 4. The van der Waals surface area contributed by atoms with Gasteiger partial charge in [-0.15, -0.1) is 5.10 Å². The average Bonchev–Trinajstić information content (AvgIpc) is 3.24. The van der Waals surface area contributed by atoms with Crippen molar-refractivity contribution in [2.75, 3.05) is 0 Å². The first-order valence-corrected chi connectivity index (χ1v) is 7.85. The van der Waals surface area contributed by atoms with Crippen molar-refractivity contribution in [1.29, 1.82) is 0 Å². The molecule has 5 heteroatoms. The van der Waals surface area contributed by atoms with Crippen LogP contribution in [0.4, 0.5) is 11.4 Å². The van der Waals surface area contributed by atoms with Crippen LogP contribution in [0.3, 0.4) is 0 Å². The summed E-state index contributed by atoms with van der Waals surface area (Å²) in [6.45, 7) is 0. The Morgan fingerprint density at radius 2 is 1.08 bits per heavy atom. The van der Waals surface area contributed by atoms with E-state index in [1.807, 2.05) is 91.0 Å². The van der Waals surface area contributed by atoms with Gasteiger partial charge in [-0.2, -0.15) is 10.2 Å². The van der Waals surface area contributed by atoms with Gasteiger partial charge in [0.15, 0.2) is 0 Å². The van der Waals surface area contributed by atoms with Crippen LogP contribution in [-0.2, 0) is 0 Å². The van der Waals surface area contributed by atoms with Gasteiger partial charge in [0.25, 0.3) is 0 Å². The minimum atomic E-state index is 0.872. The maximum atomic E-state index is 4.10. The van der Waals surface area contributed by atoms with Gasteiger partial charge >= 0.3 is 0 Å². The molecule has 1 heterocycles. The zero-order valence-electron chi connectivity index (χ0n) is 13.5. The van der Waals surface area contributed by atoms with E-state index in [2.05, 4.69) is 25.6 Å². The van der Waals surface area contributed by atoms with Crippen molar-refractivity contribution in [1.82, 2.24) is 15.4 Å².